The predicted molar refractivity (Wildman–Crippen MR) is 94.2 cm³/mol. The lowest BCUT2D eigenvalue weighted by molar-refractivity contribution is 0.180. The SMILES string of the molecule is Cc1ccc(S(=O)(=O)N2CCN(Cc3ccccn3)CC2)c(C)c1. The molecule has 0 spiro atoms. The monoisotopic (exact) mass is 345 g/mol. The summed E-state index contributed by atoms with van der Waals surface area (Å²) in [4.78, 5) is 7.00. The molecule has 0 bridgehead atoms. The van der Waals surface area contributed by atoms with Crippen LogP contribution in [0.3, 0.4) is 0 Å². The van der Waals surface area contributed by atoms with Gasteiger partial charge in [-0.25, -0.2) is 8.42 Å². The van der Waals surface area contributed by atoms with Crippen LogP contribution in [-0.2, 0) is 16.6 Å². The average molecular weight is 345 g/mol. The lowest BCUT2D eigenvalue weighted by Gasteiger charge is -2.34. The van der Waals surface area contributed by atoms with E-state index in [4.69, 9.17) is 0 Å². The van der Waals surface area contributed by atoms with Crippen LogP contribution in [0.25, 0.3) is 0 Å². The highest BCUT2D eigenvalue weighted by Gasteiger charge is 2.29. The average Bonchev–Trinajstić information content (AvgIpc) is 2.56. The van der Waals surface area contributed by atoms with Gasteiger partial charge in [0, 0.05) is 38.9 Å². The van der Waals surface area contributed by atoms with Gasteiger partial charge in [0.05, 0.1) is 10.6 Å². The van der Waals surface area contributed by atoms with E-state index in [9.17, 15) is 8.42 Å². The minimum Gasteiger partial charge on any atom is -0.295 e. The molecule has 2 aromatic rings. The van der Waals surface area contributed by atoms with Crippen molar-refractivity contribution in [3.05, 3.63) is 59.4 Å². The van der Waals surface area contributed by atoms with Gasteiger partial charge < -0.3 is 0 Å². The molecule has 24 heavy (non-hydrogen) atoms. The normalized spacial score (nSPS) is 17.1. The van der Waals surface area contributed by atoms with Crippen LogP contribution in [-0.4, -0.2) is 48.8 Å². The van der Waals surface area contributed by atoms with Gasteiger partial charge >= 0.3 is 0 Å². The third kappa shape index (κ3) is 3.66. The van der Waals surface area contributed by atoms with Gasteiger partial charge in [-0.2, -0.15) is 4.31 Å². The molecule has 0 saturated carbocycles. The van der Waals surface area contributed by atoms with Gasteiger partial charge in [-0.05, 0) is 37.6 Å². The van der Waals surface area contributed by atoms with Crippen molar-refractivity contribution in [1.29, 1.82) is 0 Å². The Hall–Kier alpha value is -1.76. The minimum absolute atomic E-state index is 0.422. The highest BCUT2D eigenvalue weighted by atomic mass is 32.2. The number of aromatic nitrogens is 1. The molecule has 0 amide bonds. The van der Waals surface area contributed by atoms with Crippen molar-refractivity contribution < 1.29 is 8.42 Å². The summed E-state index contributed by atoms with van der Waals surface area (Å²) >= 11 is 0. The molecule has 1 aliphatic rings. The van der Waals surface area contributed by atoms with Crippen LogP contribution in [0.1, 0.15) is 16.8 Å². The van der Waals surface area contributed by atoms with Crippen LogP contribution >= 0.6 is 0 Å². The minimum atomic E-state index is -3.41. The van der Waals surface area contributed by atoms with E-state index in [-0.39, 0.29) is 0 Å². The number of sulfonamides is 1. The predicted octanol–water partition coefficient (Wildman–Crippen LogP) is 2.20. The number of rotatable bonds is 4. The van der Waals surface area contributed by atoms with Gasteiger partial charge in [-0.1, -0.05) is 23.8 Å². The van der Waals surface area contributed by atoms with Crippen molar-refractivity contribution in [2.45, 2.75) is 25.3 Å². The molecule has 0 atom stereocenters. The third-order valence-corrected chi connectivity index (χ3v) is 6.45. The molecular formula is C18H23N3O2S. The van der Waals surface area contributed by atoms with E-state index in [2.05, 4.69) is 9.88 Å². The number of aryl methyl sites for hydroxylation is 2. The molecule has 2 heterocycles. The number of nitrogens with zero attached hydrogens (tertiary/aromatic N) is 3. The van der Waals surface area contributed by atoms with Crippen molar-refractivity contribution in [3.63, 3.8) is 0 Å². The fraction of sp³-hybridized carbons (Fsp3) is 0.389. The lowest BCUT2D eigenvalue weighted by Crippen LogP contribution is -2.48. The Morgan fingerprint density at radius 3 is 2.42 bits per heavy atom. The molecule has 128 valence electrons. The van der Waals surface area contributed by atoms with Gasteiger partial charge in [0.15, 0.2) is 0 Å². The van der Waals surface area contributed by atoms with Crippen molar-refractivity contribution in [2.75, 3.05) is 26.2 Å². The van der Waals surface area contributed by atoms with Crippen molar-refractivity contribution in [1.82, 2.24) is 14.2 Å². The fourth-order valence-corrected chi connectivity index (χ4v) is 4.70. The van der Waals surface area contributed by atoms with Crippen molar-refractivity contribution in [3.8, 4) is 0 Å². The summed E-state index contributed by atoms with van der Waals surface area (Å²) in [7, 11) is -3.41. The Morgan fingerprint density at radius 2 is 1.79 bits per heavy atom. The first-order valence-electron chi connectivity index (χ1n) is 8.16. The van der Waals surface area contributed by atoms with Crippen LogP contribution in [0.15, 0.2) is 47.5 Å². The largest absolute Gasteiger partial charge is 0.295 e. The Kier molecular flexibility index (Phi) is 4.99. The van der Waals surface area contributed by atoms with E-state index in [1.807, 2.05) is 44.2 Å². The first-order valence-corrected chi connectivity index (χ1v) is 9.60. The molecular weight excluding hydrogens is 322 g/mol. The second kappa shape index (κ2) is 7.01. The molecule has 0 aliphatic carbocycles. The summed E-state index contributed by atoms with van der Waals surface area (Å²) in [6, 6.07) is 11.4. The summed E-state index contributed by atoms with van der Waals surface area (Å²) < 4.78 is 27.4. The first-order chi connectivity index (χ1) is 11.5. The second-order valence-electron chi connectivity index (χ2n) is 6.27. The molecule has 6 heteroatoms. The molecule has 5 nitrogen and oxygen atoms in total. The standard InChI is InChI=1S/C18H23N3O2S/c1-15-6-7-18(16(2)13-15)24(22,23)21-11-9-20(10-12-21)14-17-5-3-4-8-19-17/h3-8,13H,9-12,14H2,1-2H3. The number of piperazine rings is 1. The Balaban J connectivity index is 1.67. The Morgan fingerprint density at radius 1 is 1.04 bits per heavy atom. The summed E-state index contributed by atoms with van der Waals surface area (Å²) in [5.74, 6) is 0. The zero-order chi connectivity index (χ0) is 17.2. The number of benzene rings is 1. The van der Waals surface area contributed by atoms with Gasteiger partial charge in [0.2, 0.25) is 10.0 Å². The van der Waals surface area contributed by atoms with Crippen LogP contribution < -0.4 is 0 Å². The Bertz CT molecular complexity index is 798. The Labute approximate surface area is 144 Å². The van der Waals surface area contributed by atoms with Crippen molar-refractivity contribution >= 4 is 10.0 Å². The van der Waals surface area contributed by atoms with Gasteiger partial charge in [0.1, 0.15) is 0 Å². The van der Waals surface area contributed by atoms with Crippen LogP contribution in [0.5, 0.6) is 0 Å². The van der Waals surface area contributed by atoms with E-state index >= 15 is 0 Å². The fourth-order valence-electron chi connectivity index (χ4n) is 3.08. The topological polar surface area (TPSA) is 53.5 Å². The lowest BCUT2D eigenvalue weighted by atomic mass is 10.2. The summed E-state index contributed by atoms with van der Waals surface area (Å²) in [6.07, 6.45) is 1.79. The molecule has 1 fully saturated rings. The van der Waals surface area contributed by atoms with E-state index in [1.165, 1.54) is 0 Å². The molecule has 1 aromatic heterocycles. The molecule has 0 radical (unpaired) electrons. The zero-order valence-electron chi connectivity index (χ0n) is 14.1. The van der Waals surface area contributed by atoms with Gasteiger partial charge in [0.25, 0.3) is 0 Å². The maximum atomic E-state index is 12.9. The smallest absolute Gasteiger partial charge is 0.243 e. The molecule has 1 aliphatic heterocycles. The number of hydrogen-bond acceptors (Lipinski definition) is 4. The van der Waals surface area contributed by atoms with E-state index in [0.29, 0.717) is 18.0 Å². The van der Waals surface area contributed by atoms with Crippen LogP contribution in [0.4, 0.5) is 0 Å². The summed E-state index contributed by atoms with van der Waals surface area (Å²) in [5.41, 5.74) is 2.90. The number of hydrogen-bond donors (Lipinski definition) is 0. The van der Waals surface area contributed by atoms with Crippen LogP contribution in [0, 0.1) is 13.8 Å². The van der Waals surface area contributed by atoms with Crippen molar-refractivity contribution in [2.24, 2.45) is 0 Å². The molecule has 0 N–H and O–H groups in total. The van der Waals surface area contributed by atoms with E-state index in [0.717, 1.165) is 36.5 Å². The number of pyridine rings is 1. The van der Waals surface area contributed by atoms with E-state index < -0.39 is 10.0 Å². The molecule has 3 rings (SSSR count). The van der Waals surface area contributed by atoms with Gasteiger partial charge in [-0.3, -0.25) is 9.88 Å². The van der Waals surface area contributed by atoms with Crippen LogP contribution in [0.2, 0.25) is 0 Å². The second-order valence-corrected chi connectivity index (χ2v) is 8.18. The third-order valence-electron chi connectivity index (χ3n) is 4.39. The van der Waals surface area contributed by atoms with Gasteiger partial charge in [-0.15, -0.1) is 0 Å². The summed E-state index contributed by atoms with van der Waals surface area (Å²) in [5, 5.41) is 0. The highest BCUT2D eigenvalue weighted by molar-refractivity contribution is 7.89. The maximum absolute atomic E-state index is 12.9. The molecule has 0 unspecified atom stereocenters. The quantitative estimate of drug-likeness (QED) is 0.852. The summed E-state index contributed by atoms with van der Waals surface area (Å²) in [6.45, 7) is 7.07. The van der Waals surface area contributed by atoms with E-state index in [1.54, 1.807) is 16.6 Å². The first kappa shape index (κ1) is 17.1. The highest BCUT2D eigenvalue weighted by Crippen LogP contribution is 2.22. The maximum Gasteiger partial charge on any atom is 0.243 e. The molecule has 1 saturated heterocycles. The molecule has 1 aromatic carbocycles. The zero-order valence-corrected chi connectivity index (χ0v) is 15.0.